The predicted molar refractivity (Wildman–Crippen MR) is 203 cm³/mol. The fourth-order valence-electron chi connectivity index (χ4n) is 5.56. The Morgan fingerprint density at radius 3 is 2.64 bits per heavy atom. The molecular weight excluding hydrogens is 797 g/mol. The van der Waals surface area contributed by atoms with E-state index in [1.54, 1.807) is 18.2 Å². The van der Waals surface area contributed by atoms with E-state index in [1.165, 1.54) is 44.0 Å². The van der Waals surface area contributed by atoms with Crippen molar-refractivity contribution in [1.29, 1.82) is 10.7 Å². The van der Waals surface area contributed by atoms with Gasteiger partial charge in [-0.25, -0.2) is 28.4 Å². The molecular formula is C33H38IN7O7S2. The number of ether oxygens (including phenoxy) is 2. The van der Waals surface area contributed by atoms with Gasteiger partial charge in [0.15, 0.2) is 17.0 Å². The topological polar surface area (TPSA) is 198 Å². The number of pyridine rings is 1. The van der Waals surface area contributed by atoms with Crippen molar-refractivity contribution in [1.82, 2.24) is 9.97 Å². The number of sulfonamides is 1. The molecule has 0 aliphatic heterocycles. The lowest BCUT2D eigenvalue weighted by atomic mass is 9.90. The molecule has 0 amide bonds. The number of rotatable bonds is 14. The van der Waals surface area contributed by atoms with Gasteiger partial charge < -0.3 is 19.2 Å². The van der Waals surface area contributed by atoms with Crippen LogP contribution in [0.4, 0.5) is 17.1 Å². The number of anilines is 2. The van der Waals surface area contributed by atoms with Crippen LogP contribution in [0, 0.1) is 26.9 Å². The van der Waals surface area contributed by atoms with Gasteiger partial charge in [0.1, 0.15) is 24.1 Å². The lowest BCUT2D eigenvalue weighted by molar-refractivity contribution is -0.387. The summed E-state index contributed by atoms with van der Waals surface area (Å²) < 4.78 is 47.3. The molecule has 0 spiro atoms. The summed E-state index contributed by atoms with van der Waals surface area (Å²) in [5.41, 5.74) is 1.46. The van der Waals surface area contributed by atoms with Crippen LogP contribution in [0.25, 0.3) is 0 Å². The number of aromatic nitrogens is 2. The number of halogens is 1. The van der Waals surface area contributed by atoms with Crippen molar-refractivity contribution >= 4 is 66.8 Å². The molecule has 2 heterocycles. The molecule has 1 aliphatic rings. The van der Waals surface area contributed by atoms with Crippen molar-refractivity contribution in [3.8, 4) is 11.9 Å². The number of benzene rings is 2. The summed E-state index contributed by atoms with van der Waals surface area (Å²) in [6, 6.07) is 12.7. The van der Waals surface area contributed by atoms with E-state index in [-0.39, 0.29) is 64.9 Å². The second-order valence-electron chi connectivity index (χ2n) is 12.1. The molecule has 1 atom stereocenters. The lowest BCUT2D eigenvalue weighted by Crippen LogP contribution is -2.38. The largest absolute Gasteiger partial charge is 0.480 e. The van der Waals surface area contributed by atoms with Crippen molar-refractivity contribution in [3.63, 3.8) is 0 Å². The van der Waals surface area contributed by atoms with E-state index in [1.807, 2.05) is 0 Å². The quantitative estimate of drug-likeness (QED) is 0.0364. The predicted octanol–water partition coefficient (Wildman–Crippen LogP) is 6.25. The van der Waals surface area contributed by atoms with Gasteiger partial charge in [-0.2, -0.15) is 5.26 Å². The van der Waals surface area contributed by atoms with Gasteiger partial charge in [-0.15, -0.1) is 24.0 Å². The number of aryl methyl sites for hydroxylation is 1. The molecule has 14 nitrogen and oxygen atoms in total. The van der Waals surface area contributed by atoms with Crippen LogP contribution in [0.15, 0.2) is 70.4 Å². The smallest absolute Gasteiger partial charge is 0.289 e. The molecule has 5 rings (SSSR count). The number of para-hydroxylation sites is 1. The molecule has 0 saturated carbocycles. The maximum atomic E-state index is 14.8. The third-order valence-corrected chi connectivity index (χ3v) is 11.2. The number of hydrogen-bond donors (Lipinski definition) is 2. The molecule has 17 heteroatoms. The lowest BCUT2D eigenvalue weighted by Gasteiger charge is -2.36. The summed E-state index contributed by atoms with van der Waals surface area (Å²) in [4.78, 5) is 19.4. The fraction of sp³-hybridized carbons (Fsp3) is 0.333. The zero-order valence-electron chi connectivity index (χ0n) is 27.9. The standard InChI is InChI=1S/C33H37N7O7S2.HI/c1-45-33-23(18-34)16-22-8-7-10-28(32(22)38-33)39(49(43,44)30-11-6-5-9-27(30)40(41)42)24-12-13-26(37-21-46-14-15-48(2,3)4)25(17-24)31(35)29-19-36-20-47-29;/h5-6,9,11-13,16-17,19-20,28,35,37H,7-8,10,14-15,21H2,1-4H3;1H. The Morgan fingerprint density at radius 1 is 1.22 bits per heavy atom. The zero-order valence-corrected chi connectivity index (χ0v) is 31.9. The molecule has 2 aromatic carbocycles. The second-order valence-corrected chi connectivity index (χ2v) is 18.5. The van der Waals surface area contributed by atoms with E-state index < -0.39 is 41.6 Å². The average Bonchev–Trinajstić information content (AvgIpc) is 3.62. The van der Waals surface area contributed by atoms with Gasteiger partial charge in [0.2, 0.25) is 5.88 Å². The first-order valence-corrected chi connectivity index (χ1v) is 19.7. The Hall–Kier alpha value is -4.25. The normalized spacial score (nSPS) is 14.4. The molecule has 0 bridgehead atoms. The van der Waals surface area contributed by atoms with E-state index in [0.29, 0.717) is 42.8 Å². The highest BCUT2D eigenvalue weighted by Crippen LogP contribution is 2.43. The van der Waals surface area contributed by atoms with Gasteiger partial charge in [-0.3, -0.25) is 19.8 Å². The van der Waals surface area contributed by atoms with Gasteiger partial charge >= 0.3 is 0 Å². The molecule has 1 aliphatic carbocycles. The minimum absolute atomic E-state index is 0. The first-order chi connectivity index (χ1) is 23.4. The van der Waals surface area contributed by atoms with E-state index >= 15 is 0 Å². The van der Waals surface area contributed by atoms with Crippen LogP contribution in [-0.2, 0) is 21.2 Å². The van der Waals surface area contributed by atoms with Crippen molar-refractivity contribution in [2.24, 2.45) is 0 Å². The Bertz CT molecular complexity index is 2010. The average molecular weight is 836 g/mol. The summed E-state index contributed by atoms with van der Waals surface area (Å²) in [5.74, 6) is 1.09. The van der Waals surface area contributed by atoms with E-state index in [2.05, 4.69) is 40.1 Å². The van der Waals surface area contributed by atoms with Crippen LogP contribution < -0.4 is 14.4 Å². The third kappa shape index (κ3) is 8.37. The van der Waals surface area contributed by atoms with Crippen LogP contribution in [0.5, 0.6) is 5.88 Å². The van der Waals surface area contributed by atoms with Crippen LogP contribution in [-0.4, -0.2) is 74.0 Å². The Morgan fingerprint density at radius 2 is 1.98 bits per heavy atom. The molecule has 50 heavy (non-hydrogen) atoms. The van der Waals surface area contributed by atoms with Gasteiger partial charge in [-0.1, -0.05) is 12.1 Å². The SMILES string of the molecule is COc1nc2c(cc1C#N)CCCC2N(c1ccc(NCOCCS(C)(C)C)c(C(=N)c2cnco2)c1)S(=O)(=O)c1ccccc1[N+](=O)[O-].I. The second kappa shape index (κ2) is 16.2. The molecule has 1 unspecified atom stereocenters. The highest BCUT2D eigenvalue weighted by molar-refractivity contribution is 14.0. The van der Waals surface area contributed by atoms with Gasteiger partial charge in [0, 0.05) is 23.1 Å². The maximum absolute atomic E-state index is 14.8. The Labute approximate surface area is 309 Å². The van der Waals surface area contributed by atoms with Crippen LogP contribution in [0.1, 0.15) is 47.0 Å². The summed E-state index contributed by atoms with van der Waals surface area (Å²) in [7, 11) is -4.05. The highest BCUT2D eigenvalue weighted by Gasteiger charge is 2.40. The molecule has 2 N–H and O–H groups in total. The Kier molecular flexibility index (Phi) is 12.5. The molecule has 0 radical (unpaired) electrons. The zero-order chi connectivity index (χ0) is 35.3. The van der Waals surface area contributed by atoms with Crippen molar-refractivity contribution in [2.45, 2.75) is 30.2 Å². The number of nitrogens with one attached hydrogen (secondary N) is 2. The summed E-state index contributed by atoms with van der Waals surface area (Å²) in [5, 5.41) is 34.0. The van der Waals surface area contributed by atoms with Crippen LogP contribution >= 0.6 is 34.0 Å². The van der Waals surface area contributed by atoms with Crippen molar-refractivity contribution in [2.75, 3.05) is 54.6 Å². The number of nitriles is 1. The number of nitro benzene ring substituents is 1. The number of oxazole rings is 1. The molecule has 4 aromatic rings. The third-order valence-electron chi connectivity index (χ3n) is 7.95. The fourth-order valence-corrected chi connectivity index (χ4v) is 7.98. The van der Waals surface area contributed by atoms with Crippen molar-refractivity contribution < 1.29 is 27.2 Å². The van der Waals surface area contributed by atoms with E-state index in [4.69, 9.17) is 19.3 Å². The molecule has 0 saturated heterocycles. The summed E-state index contributed by atoms with van der Waals surface area (Å²) in [6.45, 7) is 0.663. The Balaban J connectivity index is 0.00000562. The first kappa shape index (κ1) is 38.6. The van der Waals surface area contributed by atoms with Crippen LogP contribution in [0.3, 0.4) is 0 Å². The van der Waals surface area contributed by atoms with Gasteiger partial charge in [-0.05, 0) is 73.9 Å². The van der Waals surface area contributed by atoms with E-state index in [9.17, 15) is 23.8 Å². The number of fused-ring (bicyclic) bond motifs is 1. The van der Waals surface area contributed by atoms with Crippen molar-refractivity contribution in [3.05, 3.63) is 99.4 Å². The van der Waals surface area contributed by atoms with Crippen LogP contribution in [0.2, 0.25) is 0 Å². The summed E-state index contributed by atoms with van der Waals surface area (Å²) >= 11 is 0. The van der Waals surface area contributed by atoms with Gasteiger partial charge in [0.05, 0.1) is 42.3 Å². The monoisotopic (exact) mass is 835 g/mol. The first-order valence-electron chi connectivity index (χ1n) is 15.2. The molecule has 266 valence electrons. The molecule has 2 aromatic heterocycles. The van der Waals surface area contributed by atoms with Gasteiger partial charge in [0.25, 0.3) is 15.7 Å². The maximum Gasteiger partial charge on any atom is 0.289 e. The highest BCUT2D eigenvalue weighted by atomic mass is 127. The molecule has 0 fully saturated rings. The number of hydrogen-bond acceptors (Lipinski definition) is 12. The minimum atomic E-state index is -4.66. The number of nitrogens with zero attached hydrogens (tertiary/aromatic N) is 5. The summed E-state index contributed by atoms with van der Waals surface area (Å²) in [6.07, 6.45) is 10.6. The number of methoxy groups -OCH3 is 1. The van der Waals surface area contributed by atoms with E-state index in [0.717, 1.165) is 16.1 Å². The number of nitro groups is 1. The minimum Gasteiger partial charge on any atom is -0.480 e.